The number of nitrogens with one attached hydrogen (secondary N) is 2. The van der Waals surface area contributed by atoms with E-state index in [4.69, 9.17) is 0 Å². The molecule has 0 heterocycles. The monoisotopic (exact) mass is 262 g/mol. The summed E-state index contributed by atoms with van der Waals surface area (Å²) in [5, 5.41) is 16.1. The van der Waals surface area contributed by atoms with E-state index in [1.165, 1.54) is 6.92 Å². The first-order valence-corrected chi connectivity index (χ1v) is 6.88. The first kappa shape index (κ1) is 14.0. The Morgan fingerprint density at radius 2 is 2.21 bits per heavy atom. The van der Waals surface area contributed by atoms with Gasteiger partial charge in [0.05, 0.1) is 6.10 Å². The first-order valence-electron chi connectivity index (χ1n) is 6.88. The van der Waals surface area contributed by atoms with Crippen LogP contribution in [0, 0.1) is 0 Å². The normalized spacial score (nSPS) is 24.2. The smallest absolute Gasteiger partial charge is 0.221 e. The number of hydrogen-bond donors (Lipinski definition) is 3. The molecule has 1 aromatic rings. The predicted octanol–water partition coefficient (Wildman–Crippen LogP) is 2.21. The quantitative estimate of drug-likeness (QED) is 0.779. The minimum atomic E-state index is -0.235. The molecule has 1 unspecified atom stereocenters. The van der Waals surface area contributed by atoms with E-state index in [0.29, 0.717) is 0 Å². The van der Waals surface area contributed by atoms with Crippen LogP contribution < -0.4 is 10.6 Å². The van der Waals surface area contributed by atoms with Crippen molar-refractivity contribution in [3.05, 3.63) is 29.8 Å². The lowest BCUT2D eigenvalue weighted by Gasteiger charge is -2.22. The molecule has 3 N–H and O–H groups in total. The third-order valence-corrected chi connectivity index (χ3v) is 3.65. The number of anilines is 1. The third kappa shape index (κ3) is 3.78. The van der Waals surface area contributed by atoms with Crippen molar-refractivity contribution in [2.75, 3.05) is 5.32 Å². The highest BCUT2D eigenvalue weighted by Crippen LogP contribution is 2.23. The Labute approximate surface area is 114 Å². The highest BCUT2D eigenvalue weighted by atomic mass is 16.3. The maximum atomic E-state index is 11.1. The van der Waals surface area contributed by atoms with E-state index < -0.39 is 0 Å². The Morgan fingerprint density at radius 1 is 1.42 bits per heavy atom. The summed E-state index contributed by atoms with van der Waals surface area (Å²) in [5.74, 6) is -0.0658. The molecule has 0 spiro atoms. The number of carbonyl (C=O) groups is 1. The van der Waals surface area contributed by atoms with Gasteiger partial charge in [-0.2, -0.15) is 0 Å². The molecule has 104 valence electrons. The fraction of sp³-hybridized carbons (Fsp3) is 0.533. The van der Waals surface area contributed by atoms with Gasteiger partial charge < -0.3 is 15.7 Å². The van der Waals surface area contributed by atoms with E-state index in [0.717, 1.165) is 30.5 Å². The van der Waals surface area contributed by atoms with Gasteiger partial charge in [-0.15, -0.1) is 0 Å². The zero-order chi connectivity index (χ0) is 13.8. The lowest BCUT2D eigenvalue weighted by Crippen LogP contribution is -2.37. The second-order valence-corrected chi connectivity index (χ2v) is 5.30. The van der Waals surface area contributed by atoms with E-state index in [9.17, 15) is 9.90 Å². The average molecular weight is 262 g/mol. The number of carbonyl (C=O) groups excluding carboxylic acids is 1. The molecule has 19 heavy (non-hydrogen) atoms. The van der Waals surface area contributed by atoms with Gasteiger partial charge in [0, 0.05) is 24.7 Å². The number of benzene rings is 1. The Hall–Kier alpha value is -1.39. The highest BCUT2D eigenvalue weighted by Gasteiger charge is 2.26. The number of amides is 1. The third-order valence-electron chi connectivity index (χ3n) is 3.65. The van der Waals surface area contributed by atoms with Gasteiger partial charge in [-0.1, -0.05) is 12.1 Å². The minimum absolute atomic E-state index is 0.0658. The molecule has 0 aromatic heterocycles. The van der Waals surface area contributed by atoms with Crippen LogP contribution in [0.25, 0.3) is 0 Å². The molecule has 1 fully saturated rings. The van der Waals surface area contributed by atoms with Crippen LogP contribution in [0.15, 0.2) is 24.3 Å². The van der Waals surface area contributed by atoms with Gasteiger partial charge in [-0.05, 0) is 43.9 Å². The molecule has 1 aromatic carbocycles. The fourth-order valence-corrected chi connectivity index (χ4v) is 2.64. The second-order valence-electron chi connectivity index (χ2n) is 5.30. The fourth-order valence-electron chi connectivity index (χ4n) is 2.64. The van der Waals surface area contributed by atoms with Crippen molar-refractivity contribution in [2.45, 2.75) is 51.3 Å². The summed E-state index contributed by atoms with van der Waals surface area (Å²) in [4.78, 5) is 11.1. The predicted molar refractivity (Wildman–Crippen MR) is 75.9 cm³/mol. The van der Waals surface area contributed by atoms with Gasteiger partial charge >= 0.3 is 0 Å². The largest absolute Gasteiger partial charge is 0.392 e. The van der Waals surface area contributed by atoms with Crippen LogP contribution in [0.3, 0.4) is 0 Å². The summed E-state index contributed by atoms with van der Waals surface area (Å²) < 4.78 is 0. The zero-order valence-corrected chi connectivity index (χ0v) is 11.5. The molecule has 0 saturated heterocycles. The Morgan fingerprint density at radius 3 is 2.84 bits per heavy atom. The van der Waals surface area contributed by atoms with Crippen molar-refractivity contribution in [2.24, 2.45) is 0 Å². The van der Waals surface area contributed by atoms with Crippen molar-refractivity contribution in [3.8, 4) is 0 Å². The Bertz CT molecular complexity index is 448. The molecular formula is C15H22N2O2. The van der Waals surface area contributed by atoms with Crippen molar-refractivity contribution in [1.82, 2.24) is 5.32 Å². The van der Waals surface area contributed by atoms with Gasteiger partial charge in [-0.25, -0.2) is 0 Å². The van der Waals surface area contributed by atoms with Crippen LogP contribution in [0.1, 0.15) is 44.7 Å². The van der Waals surface area contributed by atoms with Crippen LogP contribution in [0.5, 0.6) is 0 Å². The molecule has 1 saturated carbocycles. The van der Waals surface area contributed by atoms with Gasteiger partial charge in [0.15, 0.2) is 0 Å². The van der Waals surface area contributed by atoms with Gasteiger partial charge in [0.25, 0.3) is 0 Å². The molecule has 2 rings (SSSR count). The molecule has 4 nitrogen and oxygen atoms in total. The molecule has 1 amide bonds. The van der Waals surface area contributed by atoms with Gasteiger partial charge in [-0.3, -0.25) is 4.79 Å². The number of rotatable bonds is 4. The topological polar surface area (TPSA) is 61.4 Å². The Balaban J connectivity index is 2.01. The molecule has 1 aliphatic carbocycles. The number of hydrogen-bond acceptors (Lipinski definition) is 3. The van der Waals surface area contributed by atoms with E-state index >= 15 is 0 Å². The lowest BCUT2D eigenvalue weighted by molar-refractivity contribution is -0.114. The number of aliphatic hydroxyl groups is 1. The van der Waals surface area contributed by atoms with E-state index in [2.05, 4.69) is 17.6 Å². The van der Waals surface area contributed by atoms with Crippen LogP contribution in [0.4, 0.5) is 5.69 Å². The van der Waals surface area contributed by atoms with Crippen molar-refractivity contribution in [1.29, 1.82) is 0 Å². The van der Waals surface area contributed by atoms with E-state index in [-0.39, 0.29) is 24.1 Å². The summed E-state index contributed by atoms with van der Waals surface area (Å²) in [6.07, 6.45) is 2.76. The van der Waals surface area contributed by atoms with Crippen LogP contribution in [0.2, 0.25) is 0 Å². The first-order chi connectivity index (χ1) is 9.06. The van der Waals surface area contributed by atoms with Crippen LogP contribution in [-0.4, -0.2) is 23.2 Å². The average Bonchev–Trinajstić information content (AvgIpc) is 2.74. The molecule has 0 aliphatic heterocycles. The Kier molecular flexibility index (Phi) is 4.56. The summed E-state index contributed by atoms with van der Waals surface area (Å²) in [6.45, 7) is 3.58. The van der Waals surface area contributed by atoms with E-state index in [1.807, 2.05) is 24.3 Å². The molecule has 0 radical (unpaired) electrons. The standard InChI is InChI=1S/C15H22N2O2/c1-10(16-14-7-4-8-15(14)19)12-5-3-6-13(9-12)17-11(2)18/h3,5-6,9-10,14-16,19H,4,7-8H2,1-2H3,(H,17,18)/t10?,14-,15-/m0/s1. The molecule has 0 bridgehead atoms. The number of aliphatic hydroxyl groups excluding tert-OH is 1. The van der Waals surface area contributed by atoms with Crippen molar-refractivity contribution < 1.29 is 9.90 Å². The maximum absolute atomic E-state index is 11.1. The maximum Gasteiger partial charge on any atom is 0.221 e. The summed E-state index contributed by atoms with van der Waals surface area (Å²) in [6, 6.07) is 8.15. The highest BCUT2D eigenvalue weighted by molar-refractivity contribution is 5.88. The van der Waals surface area contributed by atoms with E-state index in [1.54, 1.807) is 0 Å². The summed E-state index contributed by atoms with van der Waals surface area (Å²) in [5.41, 5.74) is 1.93. The molecule has 3 atom stereocenters. The molecular weight excluding hydrogens is 240 g/mol. The summed E-state index contributed by atoms with van der Waals surface area (Å²) in [7, 11) is 0. The second kappa shape index (κ2) is 6.17. The molecule has 1 aliphatic rings. The SMILES string of the molecule is CC(=O)Nc1cccc(C(C)N[C@H]2CCC[C@@H]2O)c1. The lowest BCUT2D eigenvalue weighted by atomic mass is 10.1. The summed E-state index contributed by atoms with van der Waals surface area (Å²) >= 11 is 0. The molecule has 4 heteroatoms. The van der Waals surface area contributed by atoms with Crippen molar-refractivity contribution in [3.63, 3.8) is 0 Å². The van der Waals surface area contributed by atoms with Gasteiger partial charge in [0.1, 0.15) is 0 Å². The van der Waals surface area contributed by atoms with Crippen LogP contribution in [-0.2, 0) is 4.79 Å². The van der Waals surface area contributed by atoms with Gasteiger partial charge in [0.2, 0.25) is 5.91 Å². The minimum Gasteiger partial charge on any atom is -0.392 e. The zero-order valence-electron chi connectivity index (χ0n) is 11.5. The van der Waals surface area contributed by atoms with Crippen LogP contribution >= 0.6 is 0 Å². The van der Waals surface area contributed by atoms with Crippen molar-refractivity contribution >= 4 is 11.6 Å².